The van der Waals surface area contributed by atoms with Crippen LogP contribution in [0.1, 0.15) is 25.7 Å². The molecule has 0 atom stereocenters. The predicted molar refractivity (Wildman–Crippen MR) is 99.5 cm³/mol. The van der Waals surface area contributed by atoms with Crippen molar-refractivity contribution in [2.45, 2.75) is 36.6 Å². The zero-order chi connectivity index (χ0) is 19.3. The molecular weight excluding hydrogens is 371 g/mol. The second-order valence-corrected chi connectivity index (χ2v) is 8.13. The van der Waals surface area contributed by atoms with Crippen LogP contribution in [0.15, 0.2) is 53.4 Å². The van der Waals surface area contributed by atoms with Crippen LogP contribution in [0.25, 0.3) is 0 Å². The smallest absolute Gasteiger partial charge is 0.262 e. The van der Waals surface area contributed by atoms with Gasteiger partial charge < -0.3 is 10.1 Å². The van der Waals surface area contributed by atoms with E-state index >= 15 is 0 Å². The van der Waals surface area contributed by atoms with Gasteiger partial charge in [0.2, 0.25) is 10.0 Å². The van der Waals surface area contributed by atoms with E-state index in [1.54, 1.807) is 0 Å². The van der Waals surface area contributed by atoms with Gasteiger partial charge in [0.25, 0.3) is 5.91 Å². The molecule has 8 heteroatoms. The average Bonchev–Trinajstić information content (AvgIpc) is 3.14. The number of halogens is 1. The van der Waals surface area contributed by atoms with Crippen LogP contribution in [0.5, 0.6) is 5.75 Å². The van der Waals surface area contributed by atoms with Crippen molar-refractivity contribution in [1.29, 1.82) is 0 Å². The predicted octanol–water partition coefficient (Wildman–Crippen LogP) is 3.06. The molecule has 3 rings (SSSR count). The second kappa shape index (κ2) is 8.49. The molecule has 2 aromatic rings. The zero-order valence-electron chi connectivity index (χ0n) is 14.7. The Hall–Kier alpha value is -2.45. The highest BCUT2D eigenvalue weighted by molar-refractivity contribution is 7.89. The van der Waals surface area contributed by atoms with Gasteiger partial charge in [-0.25, -0.2) is 17.5 Å². The van der Waals surface area contributed by atoms with Crippen molar-refractivity contribution in [1.82, 2.24) is 4.72 Å². The van der Waals surface area contributed by atoms with Gasteiger partial charge >= 0.3 is 0 Å². The lowest BCUT2D eigenvalue weighted by Crippen LogP contribution is -2.32. The summed E-state index contributed by atoms with van der Waals surface area (Å²) in [4.78, 5) is 12.0. The van der Waals surface area contributed by atoms with Gasteiger partial charge in [-0.2, -0.15) is 0 Å². The highest BCUT2D eigenvalue weighted by atomic mass is 32.2. The maximum atomic E-state index is 12.8. The van der Waals surface area contributed by atoms with E-state index < -0.39 is 15.9 Å². The van der Waals surface area contributed by atoms with Crippen molar-refractivity contribution in [3.8, 4) is 5.75 Å². The Morgan fingerprint density at radius 1 is 1.04 bits per heavy atom. The summed E-state index contributed by atoms with van der Waals surface area (Å²) in [5.41, 5.74) is 0.462. The summed E-state index contributed by atoms with van der Waals surface area (Å²) >= 11 is 0. The van der Waals surface area contributed by atoms with Crippen molar-refractivity contribution in [2.24, 2.45) is 0 Å². The normalized spacial score (nSPS) is 14.9. The van der Waals surface area contributed by atoms with Gasteiger partial charge in [-0.3, -0.25) is 4.79 Å². The molecule has 0 saturated heterocycles. The van der Waals surface area contributed by atoms with Gasteiger partial charge in [-0.05, 0) is 61.4 Å². The first-order valence-corrected chi connectivity index (χ1v) is 10.2. The van der Waals surface area contributed by atoms with E-state index in [0.717, 1.165) is 25.7 Å². The number of sulfonamides is 1. The Labute approximate surface area is 157 Å². The molecule has 0 unspecified atom stereocenters. The van der Waals surface area contributed by atoms with Crippen molar-refractivity contribution in [3.05, 3.63) is 54.3 Å². The van der Waals surface area contributed by atoms with Crippen molar-refractivity contribution in [2.75, 3.05) is 11.9 Å². The van der Waals surface area contributed by atoms with E-state index in [-0.39, 0.29) is 23.4 Å². The number of ether oxygens (including phenoxy) is 1. The lowest BCUT2D eigenvalue weighted by molar-refractivity contribution is -0.118. The summed E-state index contributed by atoms with van der Waals surface area (Å²) < 4.78 is 45.6. The summed E-state index contributed by atoms with van der Waals surface area (Å²) in [6, 6.07) is 11.3. The maximum absolute atomic E-state index is 12.8. The van der Waals surface area contributed by atoms with Crippen LogP contribution in [0, 0.1) is 5.82 Å². The topological polar surface area (TPSA) is 84.5 Å². The fourth-order valence-corrected chi connectivity index (χ4v) is 4.23. The van der Waals surface area contributed by atoms with E-state index in [4.69, 9.17) is 4.74 Å². The molecular formula is C19H21FN2O4S. The molecule has 0 heterocycles. The summed E-state index contributed by atoms with van der Waals surface area (Å²) in [5.74, 6) is -0.410. The third kappa shape index (κ3) is 5.51. The lowest BCUT2D eigenvalue weighted by Gasteiger charge is -2.13. The third-order valence-corrected chi connectivity index (χ3v) is 5.85. The maximum Gasteiger partial charge on any atom is 0.262 e. The molecule has 6 nitrogen and oxygen atoms in total. The van der Waals surface area contributed by atoms with E-state index in [1.165, 1.54) is 48.5 Å². The van der Waals surface area contributed by atoms with Gasteiger partial charge in [0.15, 0.2) is 6.61 Å². The average molecular weight is 392 g/mol. The standard InChI is InChI=1S/C19H21FN2O4S/c20-14-5-7-15(8-6-14)21-19(23)13-26-17-9-11-18(12-10-17)27(24,25)22-16-3-1-2-4-16/h5-12,16,22H,1-4,13H2,(H,21,23). The highest BCUT2D eigenvalue weighted by Crippen LogP contribution is 2.21. The molecule has 1 saturated carbocycles. The second-order valence-electron chi connectivity index (χ2n) is 6.42. The number of carbonyl (C=O) groups excluding carboxylic acids is 1. The van der Waals surface area contributed by atoms with Crippen molar-refractivity contribution in [3.63, 3.8) is 0 Å². The number of amides is 1. The van der Waals surface area contributed by atoms with E-state index in [2.05, 4.69) is 10.0 Å². The van der Waals surface area contributed by atoms with Gasteiger partial charge in [0.05, 0.1) is 4.90 Å². The fraction of sp³-hybridized carbons (Fsp3) is 0.316. The Bertz CT molecular complexity index is 877. The van der Waals surface area contributed by atoms with Gasteiger partial charge in [-0.1, -0.05) is 12.8 Å². The molecule has 0 aliphatic heterocycles. The van der Waals surface area contributed by atoms with Crippen LogP contribution in [-0.2, 0) is 14.8 Å². The Balaban J connectivity index is 1.52. The summed E-state index contributed by atoms with van der Waals surface area (Å²) in [6.07, 6.45) is 3.81. The largest absolute Gasteiger partial charge is 0.484 e. The number of benzene rings is 2. The first kappa shape index (κ1) is 19.3. The molecule has 144 valence electrons. The number of hydrogen-bond acceptors (Lipinski definition) is 4. The minimum atomic E-state index is -3.55. The minimum absolute atomic E-state index is 0.00100. The minimum Gasteiger partial charge on any atom is -0.484 e. The van der Waals surface area contributed by atoms with Crippen LogP contribution < -0.4 is 14.8 Å². The van der Waals surface area contributed by atoms with Crippen LogP contribution >= 0.6 is 0 Å². The van der Waals surface area contributed by atoms with Crippen LogP contribution in [0.3, 0.4) is 0 Å². The molecule has 1 aliphatic rings. The monoisotopic (exact) mass is 392 g/mol. The van der Waals surface area contributed by atoms with Crippen LogP contribution in [0.4, 0.5) is 10.1 Å². The third-order valence-electron chi connectivity index (χ3n) is 4.31. The number of anilines is 1. The van der Waals surface area contributed by atoms with Crippen molar-refractivity contribution < 1.29 is 22.3 Å². The Kier molecular flexibility index (Phi) is 6.08. The first-order valence-electron chi connectivity index (χ1n) is 8.73. The number of rotatable bonds is 7. The van der Waals surface area contributed by atoms with Crippen LogP contribution in [0.2, 0.25) is 0 Å². The summed E-state index contributed by atoms with van der Waals surface area (Å²) in [7, 11) is -3.55. The van der Waals surface area contributed by atoms with Gasteiger partial charge in [0, 0.05) is 11.7 Å². The molecule has 1 fully saturated rings. The Morgan fingerprint density at radius 3 is 2.30 bits per heavy atom. The SMILES string of the molecule is O=C(COc1ccc(S(=O)(=O)NC2CCCC2)cc1)Nc1ccc(F)cc1. The number of nitrogens with one attached hydrogen (secondary N) is 2. The van der Waals surface area contributed by atoms with Crippen LogP contribution in [-0.4, -0.2) is 27.0 Å². The molecule has 27 heavy (non-hydrogen) atoms. The Morgan fingerprint density at radius 2 is 1.67 bits per heavy atom. The quantitative estimate of drug-likeness (QED) is 0.758. The molecule has 1 aliphatic carbocycles. The molecule has 2 N–H and O–H groups in total. The molecule has 1 amide bonds. The molecule has 0 aromatic heterocycles. The van der Waals surface area contributed by atoms with Gasteiger partial charge in [0.1, 0.15) is 11.6 Å². The molecule has 0 bridgehead atoms. The summed E-state index contributed by atoms with van der Waals surface area (Å²) in [6.45, 7) is -0.246. The lowest BCUT2D eigenvalue weighted by atomic mass is 10.3. The number of hydrogen-bond donors (Lipinski definition) is 2. The first-order chi connectivity index (χ1) is 12.9. The van der Waals surface area contributed by atoms with Gasteiger partial charge in [-0.15, -0.1) is 0 Å². The molecule has 0 radical (unpaired) electrons. The zero-order valence-corrected chi connectivity index (χ0v) is 15.5. The highest BCUT2D eigenvalue weighted by Gasteiger charge is 2.22. The fourth-order valence-electron chi connectivity index (χ4n) is 2.93. The number of carbonyl (C=O) groups is 1. The van der Waals surface area contributed by atoms with E-state index in [9.17, 15) is 17.6 Å². The van der Waals surface area contributed by atoms with E-state index in [1.807, 2.05) is 0 Å². The van der Waals surface area contributed by atoms with E-state index in [0.29, 0.717) is 11.4 Å². The van der Waals surface area contributed by atoms with Crippen molar-refractivity contribution >= 4 is 21.6 Å². The molecule has 0 spiro atoms. The summed E-state index contributed by atoms with van der Waals surface area (Å²) in [5, 5.41) is 2.58. The molecule has 2 aromatic carbocycles.